The molecule has 0 fully saturated rings. The van der Waals surface area contributed by atoms with Crippen molar-refractivity contribution >= 4 is 29.7 Å². The zero-order chi connectivity index (χ0) is 12.1. The molecule has 6 N–H and O–H groups in total. The van der Waals surface area contributed by atoms with Crippen LogP contribution < -0.4 is 16.8 Å². The quantitative estimate of drug-likeness (QED) is 0.255. The Bertz CT molecular complexity index is 396. The van der Waals surface area contributed by atoms with E-state index in [9.17, 15) is 10.1 Å². The number of pyridine rings is 1. The van der Waals surface area contributed by atoms with Crippen molar-refractivity contribution in [2.45, 2.75) is 6.04 Å². The van der Waals surface area contributed by atoms with Crippen molar-refractivity contribution in [3.8, 4) is 0 Å². The molecule has 0 saturated heterocycles. The molecule has 1 rings (SSSR count). The Labute approximate surface area is 103 Å². The zero-order valence-corrected chi connectivity index (χ0v) is 9.61. The first kappa shape index (κ1) is 15.1. The lowest BCUT2D eigenvalue weighted by molar-refractivity contribution is -0.385. The van der Waals surface area contributed by atoms with E-state index < -0.39 is 11.0 Å². The van der Waals surface area contributed by atoms with Crippen molar-refractivity contribution in [2.75, 3.05) is 11.9 Å². The van der Waals surface area contributed by atoms with Gasteiger partial charge in [0.25, 0.3) is 5.69 Å². The Morgan fingerprint density at radius 3 is 2.71 bits per heavy atom. The number of aromatic nitrogens is 1. The number of halogens is 1. The average molecular weight is 261 g/mol. The third kappa shape index (κ3) is 4.62. The topological polar surface area (TPSA) is 144 Å². The van der Waals surface area contributed by atoms with E-state index >= 15 is 0 Å². The molecular formula is C8H13ClN6O2. The molecule has 0 spiro atoms. The first-order chi connectivity index (χ1) is 7.50. The van der Waals surface area contributed by atoms with Crippen molar-refractivity contribution in [1.82, 2.24) is 4.98 Å². The number of rotatable bonds is 5. The third-order valence-corrected chi connectivity index (χ3v) is 1.86. The second kappa shape index (κ2) is 6.61. The van der Waals surface area contributed by atoms with Crippen LogP contribution >= 0.6 is 12.4 Å². The van der Waals surface area contributed by atoms with Gasteiger partial charge in [-0.3, -0.25) is 15.5 Å². The van der Waals surface area contributed by atoms with E-state index in [4.69, 9.17) is 16.9 Å². The molecule has 1 atom stereocenters. The largest absolute Gasteiger partial charge is 0.386 e. The maximum atomic E-state index is 10.3. The van der Waals surface area contributed by atoms with Gasteiger partial charge >= 0.3 is 0 Å². The monoisotopic (exact) mass is 260 g/mol. The van der Waals surface area contributed by atoms with E-state index in [0.717, 1.165) is 6.20 Å². The summed E-state index contributed by atoms with van der Waals surface area (Å²) < 4.78 is 0. The van der Waals surface area contributed by atoms with Crippen molar-refractivity contribution in [3.63, 3.8) is 0 Å². The number of nitro groups is 1. The number of hydrogen-bond acceptors (Lipinski definition) is 6. The molecule has 94 valence electrons. The number of nitrogens with zero attached hydrogens (tertiary/aromatic N) is 2. The Balaban J connectivity index is 0.00000256. The normalized spacial score (nSPS) is 11.1. The van der Waals surface area contributed by atoms with Crippen LogP contribution in [0.2, 0.25) is 0 Å². The molecular weight excluding hydrogens is 248 g/mol. The molecule has 1 unspecified atom stereocenters. The Hall–Kier alpha value is -1.93. The van der Waals surface area contributed by atoms with Crippen LogP contribution in [0.3, 0.4) is 0 Å². The van der Waals surface area contributed by atoms with Gasteiger partial charge < -0.3 is 16.8 Å². The molecule has 0 aliphatic carbocycles. The Morgan fingerprint density at radius 1 is 1.65 bits per heavy atom. The average Bonchev–Trinajstić information content (AvgIpc) is 2.26. The SMILES string of the molecule is Cl.N=C(N)C(N)CNc1ccc([N+](=O)[O-])cn1. The third-order valence-electron chi connectivity index (χ3n) is 1.86. The molecule has 0 aliphatic heterocycles. The van der Waals surface area contributed by atoms with E-state index in [1.54, 1.807) is 0 Å². The highest BCUT2D eigenvalue weighted by molar-refractivity contribution is 5.85. The van der Waals surface area contributed by atoms with Crippen molar-refractivity contribution < 1.29 is 4.92 Å². The highest BCUT2D eigenvalue weighted by atomic mass is 35.5. The minimum absolute atomic E-state index is 0. The van der Waals surface area contributed by atoms with E-state index in [0.29, 0.717) is 5.82 Å². The molecule has 1 aromatic rings. The van der Waals surface area contributed by atoms with Crippen LogP contribution in [0.1, 0.15) is 0 Å². The summed E-state index contributed by atoms with van der Waals surface area (Å²) in [5, 5.41) is 20.2. The second-order valence-corrected chi connectivity index (χ2v) is 3.10. The predicted molar refractivity (Wildman–Crippen MR) is 66.5 cm³/mol. The van der Waals surface area contributed by atoms with Crippen molar-refractivity contribution in [2.24, 2.45) is 11.5 Å². The van der Waals surface area contributed by atoms with Crippen LogP contribution in [-0.2, 0) is 0 Å². The van der Waals surface area contributed by atoms with Gasteiger partial charge in [-0.05, 0) is 6.07 Å². The highest BCUT2D eigenvalue weighted by Gasteiger charge is 2.07. The molecule has 0 radical (unpaired) electrons. The number of nitrogens with one attached hydrogen (secondary N) is 2. The van der Waals surface area contributed by atoms with E-state index in [1.165, 1.54) is 12.1 Å². The van der Waals surface area contributed by atoms with Crippen molar-refractivity contribution in [1.29, 1.82) is 5.41 Å². The maximum absolute atomic E-state index is 10.3. The molecule has 8 nitrogen and oxygen atoms in total. The first-order valence-corrected chi connectivity index (χ1v) is 4.44. The van der Waals surface area contributed by atoms with Crippen LogP contribution in [-0.4, -0.2) is 28.3 Å². The molecule has 0 bridgehead atoms. The van der Waals surface area contributed by atoms with Gasteiger partial charge in [0, 0.05) is 12.6 Å². The fourth-order valence-electron chi connectivity index (χ4n) is 0.923. The lowest BCUT2D eigenvalue weighted by atomic mass is 10.3. The van der Waals surface area contributed by atoms with Gasteiger partial charge in [-0.15, -0.1) is 12.4 Å². The van der Waals surface area contributed by atoms with Crippen LogP contribution in [0.25, 0.3) is 0 Å². The predicted octanol–water partition coefficient (Wildman–Crippen LogP) is 0.0868. The molecule has 1 aromatic heterocycles. The first-order valence-electron chi connectivity index (χ1n) is 4.44. The van der Waals surface area contributed by atoms with E-state index in [-0.39, 0.29) is 30.5 Å². The summed E-state index contributed by atoms with van der Waals surface area (Å²) in [6.45, 7) is 0.250. The van der Waals surface area contributed by atoms with Gasteiger partial charge in [0.15, 0.2) is 0 Å². The van der Waals surface area contributed by atoms with E-state index in [1.807, 2.05) is 0 Å². The fraction of sp³-hybridized carbons (Fsp3) is 0.250. The number of amidine groups is 1. The fourth-order valence-corrected chi connectivity index (χ4v) is 0.923. The second-order valence-electron chi connectivity index (χ2n) is 3.10. The molecule has 0 aromatic carbocycles. The van der Waals surface area contributed by atoms with Gasteiger partial charge in [-0.25, -0.2) is 4.98 Å². The molecule has 0 aliphatic rings. The number of nitrogens with two attached hydrogens (primary N) is 2. The Kier molecular flexibility index (Phi) is 5.86. The van der Waals surface area contributed by atoms with Crippen LogP contribution in [0, 0.1) is 15.5 Å². The zero-order valence-electron chi connectivity index (χ0n) is 8.79. The van der Waals surface area contributed by atoms with Gasteiger partial charge in [0.05, 0.1) is 11.0 Å². The van der Waals surface area contributed by atoms with Crippen molar-refractivity contribution in [3.05, 3.63) is 28.4 Å². The molecule has 0 saturated carbocycles. The van der Waals surface area contributed by atoms with Crippen LogP contribution in [0.4, 0.5) is 11.5 Å². The summed E-state index contributed by atoms with van der Waals surface area (Å²) in [5.74, 6) is 0.316. The lowest BCUT2D eigenvalue weighted by Crippen LogP contribution is -2.41. The lowest BCUT2D eigenvalue weighted by Gasteiger charge is -2.10. The van der Waals surface area contributed by atoms with E-state index in [2.05, 4.69) is 10.3 Å². The van der Waals surface area contributed by atoms with Crippen LogP contribution in [0.5, 0.6) is 0 Å². The number of hydrogen-bond donors (Lipinski definition) is 4. The highest BCUT2D eigenvalue weighted by Crippen LogP contribution is 2.11. The van der Waals surface area contributed by atoms with Gasteiger partial charge in [0.1, 0.15) is 17.9 Å². The van der Waals surface area contributed by atoms with Crippen LogP contribution in [0.15, 0.2) is 18.3 Å². The standard InChI is InChI=1S/C8H12N6O2.ClH/c9-6(8(10)11)4-13-7-2-1-5(3-12-7)14(15)16;/h1-3,6H,4,9H2,(H3,10,11)(H,12,13);1H. The van der Waals surface area contributed by atoms with Gasteiger partial charge in [-0.1, -0.05) is 0 Å². The maximum Gasteiger partial charge on any atom is 0.287 e. The minimum atomic E-state index is -0.600. The molecule has 0 amide bonds. The minimum Gasteiger partial charge on any atom is -0.386 e. The summed E-state index contributed by atoms with van der Waals surface area (Å²) in [6, 6.07) is 2.19. The summed E-state index contributed by atoms with van der Waals surface area (Å²) >= 11 is 0. The molecule has 17 heavy (non-hydrogen) atoms. The summed E-state index contributed by atoms with van der Waals surface area (Å²) in [6.07, 6.45) is 1.14. The molecule has 1 heterocycles. The summed E-state index contributed by atoms with van der Waals surface area (Å²) in [7, 11) is 0. The summed E-state index contributed by atoms with van der Waals surface area (Å²) in [5.41, 5.74) is 10.6. The smallest absolute Gasteiger partial charge is 0.287 e. The Morgan fingerprint density at radius 2 is 2.29 bits per heavy atom. The molecule has 9 heteroatoms. The summed E-state index contributed by atoms with van der Waals surface area (Å²) in [4.78, 5) is 13.6. The van der Waals surface area contributed by atoms with Gasteiger partial charge in [0.2, 0.25) is 0 Å². The van der Waals surface area contributed by atoms with Gasteiger partial charge in [-0.2, -0.15) is 0 Å². The number of anilines is 1.